The summed E-state index contributed by atoms with van der Waals surface area (Å²) in [6.07, 6.45) is 9.62. The molecule has 0 aliphatic heterocycles. The molecule has 2 fully saturated rings. The first-order valence-electron chi connectivity index (χ1n) is 8.30. The molecule has 2 nitrogen and oxygen atoms in total. The summed E-state index contributed by atoms with van der Waals surface area (Å²) >= 11 is 0. The average Bonchev–Trinajstić information content (AvgIpc) is 2.44. The number of aliphatic hydroxyl groups excluding tert-OH is 1. The summed E-state index contributed by atoms with van der Waals surface area (Å²) < 4.78 is 0. The zero-order valence-corrected chi connectivity index (χ0v) is 12.3. The number of rotatable bonds is 5. The molecule has 1 aromatic rings. The van der Waals surface area contributed by atoms with Crippen LogP contribution in [0.2, 0.25) is 0 Å². The summed E-state index contributed by atoms with van der Waals surface area (Å²) in [5.74, 6) is 0.918. The topological polar surface area (TPSA) is 32.3 Å². The van der Waals surface area contributed by atoms with Gasteiger partial charge in [0.05, 0.1) is 6.10 Å². The van der Waals surface area contributed by atoms with Crippen molar-refractivity contribution in [1.29, 1.82) is 0 Å². The van der Waals surface area contributed by atoms with E-state index in [0.29, 0.717) is 12.1 Å². The Balaban J connectivity index is 1.62. The second kappa shape index (κ2) is 6.73. The molecule has 2 heteroatoms. The molecule has 3 rings (SSSR count). The van der Waals surface area contributed by atoms with Crippen LogP contribution in [0.15, 0.2) is 30.3 Å². The number of benzene rings is 1. The van der Waals surface area contributed by atoms with Crippen LogP contribution in [-0.2, 0) is 0 Å². The Morgan fingerprint density at radius 1 is 1.00 bits per heavy atom. The van der Waals surface area contributed by atoms with Gasteiger partial charge in [-0.25, -0.2) is 0 Å². The third-order valence-electron chi connectivity index (χ3n) is 5.13. The minimum atomic E-state index is -0.0603. The third kappa shape index (κ3) is 3.62. The van der Waals surface area contributed by atoms with Crippen molar-refractivity contribution < 1.29 is 5.11 Å². The van der Waals surface area contributed by atoms with E-state index < -0.39 is 0 Å². The Bertz CT molecular complexity index is 393. The Morgan fingerprint density at radius 3 is 2.30 bits per heavy atom. The van der Waals surface area contributed by atoms with Crippen LogP contribution in [0.3, 0.4) is 0 Å². The second-order valence-corrected chi connectivity index (χ2v) is 6.67. The Labute approximate surface area is 122 Å². The largest absolute Gasteiger partial charge is 0.393 e. The summed E-state index contributed by atoms with van der Waals surface area (Å²) in [5, 5.41) is 13.5. The molecule has 0 bridgehead atoms. The first-order valence-corrected chi connectivity index (χ1v) is 8.30. The highest BCUT2D eigenvalue weighted by Crippen LogP contribution is 2.35. The van der Waals surface area contributed by atoms with Crippen LogP contribution >= 0.6 is 0 Å². The van der Waals surface area contributed by atoms with Crippen LogP contribution in [0.1, 0.15) is 63.0 Å². The molecule has 1 unspecified atom stereocenters. The average molecular weight is 273 g/mol. The lowest BCUT2D eigenvalue weighted by molar-refractivity contribution is 0.112. The lowest BCUT2D eigenvalue weighted by Crippen LogP contribution is -2.38. The van der Waals surface area contributed by atoms with Crippen molar-refractivity contribution in [1.82, 2.24) is 5.32 Å². The van der Waals surface area contributed by atoms with Gasteiger partial charge in [-0.1, -0.05) is 49.6 Å². The van der Waals surface area contributed by atoms with Gasteiger partial charge in [0.2, 0.25) is 0 Å². The third-order valence-corrected chi connectivity index (χ3v) is 5.13. The van der Waals surface area contributed by atoms with Gasteiger partial charge in [0.15, 0.2) is 0 Å². The first-order chi connectivity index (χ1) is 9.81. The van der Waals surface area contributed by atoms with Crippen molar-refractivity contribution in [2.45, 2.75) is 69.6 Å². The van der Waals surface area contributed by atoms with Crippen molar-refractivity contribution >= 4 is 0 Å². The van der Waals surface area contributed by atoms with E-state index >= 15 is 0 Å². The Morgan fingerprint density at radius 2 is 1.70 bits per heavy atom. The monoisotopic (exact) mass is 273 g/mol. The van der Waals surface area contributed by atoms with E-state index in [9.17, 15) is 5.11 Å². The fraction of sp³-hybridized carbons (Fsp3) is 0.667. The molecular formula is C18H27NO. The van der Waals surface area contributed by atoms with E-state index in [0.717, 1.165) is 31.6 Å². The predicted octanol–water partition coefficient (Wildman–Crippen LogP) is 3.81. The Hall–Kier alpha value is -0.860. The molecule has 0 amide bonds. The number of hydrogen-bond acceptors (Lipinski definition) is 2. The maximum atomic E-state index is 9.64. The summed E-state index contributed by atoms with van der Waals surface area (Å²) in [6.45, 7) is 0. The number of aliphatic hydroxyl groups is 1. The smallest absolute Gasteiger partial charge is 0.0541 e. The zero-order chi connectivity index (χ0) is 13.8. The molecule has 0 spiro atoms. The van der Waals surface area contributed by atoms with E-state index in [4.69, 9.17) is 0 Å². The van der Waals surface area contributed by atoms with Crippen molar-refractivity contribution in [2.75, 3.05) is 0 Å². The molecule has 0 aromatic heterocycles. The van der Waals surface area contributed by atoms with Gasteiger partial charge < -0.3 is 10.4 Å². The molecule has 2 aliphatic carbocycles. The molecule has 20 heavy (non-hydrogen) atoms. The van der Waals surface area contributed by atoms with Gasteiger partial charge in [-0.15, -0.1) is 0 Å². The van der Waals surface area contributed by atoms with Crippen molar-refractivity contribution in [3.63, 3.8) is 0 Å². The van der Waals surface area contributed by atoms with Crippen molar-refractivity contribution in [3.05, 3.63) is 35.9 Å². The summed E-state index contributed by atoms with van der Waals surface area (Å²) in [4.78, 5) is 0. The lowest BCUT2D eigenvalue weighted by atomic mass is 9.79. The van der Waals surface area contributed by atoms with Crippen molar-refractivity contribution in [3.8, 4) is 0 Å². The highest BCUT2D eigenvalue weighted by molar-refractivity contribution is 5.19. The van der Waals surface area contributed by atoms with Gasteiger partial charge in [0.25, 0.3) is 0 Å². The summed E-state index contributed by atoms with van der Waals surface area (Å²) in [5.41, 5.74) is 1.44. The zero-order valence-electron chi connectivity index (χ0n) is 12.3. The lowest BCUT2D eigenvalue weighted by Gasteiger charge is -2.35. The molecule has 2 saturated carbocycles. The van der Waals surface area contributed by atoms with Crippen LogP contribution in [0.4, 0.5) is 0 Å². The standard InChI is InChI=1S/C18H27NO/c20-17-11-9-16(10-12-17)19-18(13-14-5-4-6-14)15-7-2-1-3-8-15/h1-3,7-8,14,16-20H,4-6,9-13H2. The maximum Gasteiger partial charge on any atom is 0.0541 e. The highest BCUT2D eigenvalue weighted by Gasteiger charge is 2.26. The Kier molecular flexibility index (Phi) is 4.74. The highest BCUT2D eigenvalue weighted by atomic mass is 16.3. The van der Waals surface area contributed by atoms with E-state index in [1.807, 2.05) is 0 Å². The normalized spacial score (nSPS) is 28.9. The van der Waals surface area contributed by atoms with E-state index in [1.165, 1.54) is 31.2 Å². The number of nitrogens with one attached hydrogen (secondary N) is 1. The molecule has 2 N–H and O–H groups in total. The number of hydrogen-bond donors (Lipinski definition) is 2. The SMILES string of the molecule is OC1CCC(NC(CC2CCC2)c2ccccc2)CC1. The molecule has 110 valence electrons. The molecule has 0 saturated heterocycles. The van der Waals surface area contributed by atoms with E-state index in [1.54, 1.807) is 0 Å². The maximum absolute atomic E-state index is 9.64. The van der Waals surface area contributed by atoms with Gasteiger partial charge in [0.1, 0.15) is 0 Å². The van der Waals surface area contributed by atoms with Crippen LogP contribution in [0, 0.1) is 5.92 Å². The molecule has 0 radical (unpaired) electrons. The minimum absolute atomic E-state index is 0.0603. The van der Waals surface area contributed by atoms with Crippen molar-refractivity contribution in [2.24, 2.45) is 5.92 Å². The van der Waals surface area contributed by atoms with E-state index in [-0.39, 0.29) is 6.10 Å². The van der Waals surface area contributed by atoms with Crippen LogP contribution in [0.25, 0.3) is 0 Å². The fourth-order valence-electron chi connectivity index (χ4n) is 3.57. The van der Waals surface area contributed by atoms with Gasteiger partial charge in [0, 0.05) is 12.1 Å². The van der Waals surface area contributed by atoms with Crippen LogP contribution in [-0.4, -0.2) is 17.3 Å². The molecule has 1 aromatic carbocycles. The van der Waals surface area contributed by atoms with Gasteiger partial charge >= 0.3 is 0 Å². The quantitative estimate of drug-likeness (QED) is 0.855. The molecular weight excluding hydrogens is 246 g/mol. The van der Waals surface area contributed by atoms with Gasteiger partial charge in [-0.2, -0.15) is 0 Å². The van der Waals surface area contributed by atoms with Crippen LogP contribution < -0.4 is 5.32 Å². The van der Waals surface area contributed by atoms with E-state index in [2.05, 4.69) is 35.6 Å². The molecule has 0 heterocycles. The summed E-state index contributed by atoms with van der Waals surface area (Å²) in [7, 11) is 0. The van der Waals surface area contributed by atoms with Crippen LogP contribution in [0.5, 0.6) is 0 Å². The fourth-order valence-corrected chi connectivity index (χ4v) is 3.57. The molecule has 1 atom stereocenters. The molecule has 2 aliphatic rings. The second-order valence-electron chi connectivity index (χ2n) is 6.67. The first kappa shape index (κ1) is 14.1. The predicted molar refractivity (Wildman–Crippen MR) is 82.5 cm³/mol. The summed E-state index contributed by atoms with van der Waals surface area (Å²) in [6, 6.07) is 12.0. The van der Waals surface area contributed by atoms with Gasteiger partial charge in [-0.3, -0.25) is 0 Å². The van der Waals surface area contributed by atoms with Gasteiger partial charge in [-0.05, 0) is 43.6 Å². The minimum Gasteiger partial charge on any atom is -0.393 e.